The second-order valence-corrected chi connectivity index (χ2v) is 5.86. The van der Waals surface area contributed by atoms with Crippen LogP contribution in [0.5, 0.6) is 11.5 Å². The Morgan fingerprint density at radius 2 is 1.08 bits per heavy atom. The van der Waals surface area contributed by atoms with Gasteiger partial charge in [0.25, 0.3) is 0 Å². The summed E-state index contributed by atoms with van der Waals surface area (Å²) in [6, 6.07) is 14.7. The first kappa shape index (κ1) is 15.3. The van der Waals surface area contributed by atoms with Gasteiger partial charge in [-0.15, -0.1) is 0 Å². The normalized spacial score (nSPS) is 16.8. The summed E-state index contributed by atoms with van der Waals surface area (Å²) in [6.07, 6.45) is 0. The average Bonchev–Trinajstić information content (AvgIpc) is 3.25. The van der Waals surface area contributed by atoms with Gasteiger partial charge in [-0.2, -0.15) is 0 Å². The van der Waals surface area contributed by atoms with Gasteiger partial charge in [-0.3, -0.25) is 9.80 Å². The van der Waals surface area contributed by atoms with Crippen molar-refractivity contribution < 1.29 is 14.3 Å². The Morgan fingerprint density at radius 3 is 1.40 bits per heavy atom. The predicted molar refractivity (Wildman–Crippen MR) is 94.4 cm³/mol. The van der Waals surface area contributed by atoms with E-state index in [4.69, 9.17) is 4.74 Å². The molecule has 2 aromatic rings. The Labute approximate surface area is 145 Å². The van der Waals surface area contributed by atoms with E-state index in [9.17, 15) is 9.59 Å². The second-order valence-electron chi connectivity index (χ2n) is 5.86. The molecule has 7 nitrogen and oxygen atoms in total. The van der Waals surface area contributed by atoms with Crippen molar-refractivity contribution in [3.8, 4) is 11.5 Å². The fraction of sp³-hybridized carbons (Fsp3) is 0.222. The van der Waals surface area contributed by atoms with Crippen molar-refractivity contribution in [3.63, 3.8) is 0 Å². The van der Waals surface area contributed by atoms with Gasteiger partial charge in [-0.25, -0.2) is 9.59 Å². The molecule has 2 aliphatic rings. The largest absolute Gasteiger partial charge is 0.457 e. The minimum absolute atomic E-state index is 0.0739. The van der Waals surface area contributed by atoms with Gasteiger partial charge in [-0.05, 0) is 48.5 Å². The number of amides is 4. The Bertz CT molecular complexity index is 721. The van der Waals surface area contributed by atoms with Crippen molar-refractivity contribution in [3.05, 3.63) is 48.5 Å². The van der Waals surface area contributed by atoms with Gasteiger partial charge in [0.1, 0.15) is 11.5 Å². The van der Waals surface area contributed by atoms with Gasteiger partial charge in [0.05, 0.1) is 0 Å². The van der Waals surface area contributed by atoms with Crippen LogP contribution in [0.25, 0.3) is 0 Å². The Hall–Kier alpha value is -3.22. The van der Waals surface area contributed by atoms with Crippen molar-refractivity contribution >= 4 is 23.4 Å². The van der Waals surface area contributed by atoms with Gasteiger partial charge >= 0.3 is 12.1 Å². The van der Waals surface area contributed by atoms with Crippen molar-refractivity contribution in [2.24, 2.45) is 0 Å². The molecule has 4 amide bonds. The molecule has 0 unspecified atom stereocenters. The SMILES string of the molecule is O=C1NCCN1c1ccc(Oc2ccc(N3CCNC3=O)cc2)cc1. The molecule has 4 rings (SSSR count). The number of benzene rings is 2. The number of nitrogens with one attached hydrogen (secondary N) is 2. The maximum Gasteiger partial charge on any atom is 0.321 e. The van der Waals surface area contributed by atoms with Crippen LogP contribution in [0, 0.1) is 0 Å². The van der Waals surface area contributed by atoms with Crippen LogP contribution < -0.4 is 25.2 Å². The van der Waals surface area contributed by atoms with Gasteiger partial charge in [0, 0.05) is 37.6 Å². The summed E-state index contributed by atoms with van der Waals surface area (Å²) >= 11 is 0. The molecule has 0 bridgehead atoms. The molecule has 2 N–H and O–H groups in total. The van der Waals surface area contributed by atoms with Crippen LogP contribution in [-0.2, 0) is 0 Å². The third-order valence-corrected chi connectivity index (χ3v) is 4.25. The van der Waals surface area contributed by atoms with Crippen LogP contribution >= 0.6 is 0 Å². The molecule has 2 aliphatic heterocycles. The van der Waals surface area contributed by atoms with Gasteiger partial charge in [0.2, 0.25) is 0 Å². The number of carbonyl (C=O) groups is 2. The molecule has 25 heavy (non-hydrogen) atoms. The minimum atomic E-state index is -0.0739. The van der Waals surface area contributed by atoms with E-state index in [1.165, 1.54) is 0 Å². The van der Waals surface area contributed by atoms with Crippen molar-refractivity contribution in [2.45, 2.75) is 0 Å². The molecule has 0 atom stereocenters. The molecule has 0 aromatic heterocycles. The second kappa shape index (κ2) is 6.35. The highest BCUT2D eigenvalue weighted by atomic mass is 16.5. The van der Waals surface area contributed by atoms with E-state index < -0.39 is 0 Å². The zero-order chi connectivity index (χ0) is 17.2. The Morgan fingerprint density at radius 1 is 0.680 bits per heavy atom. The number of hydrogen-bond donors (Lipinski definition) is 2. The maximum atomic E-state index is 11.7. The molecule has 2 heterocycles. The third kappa shape index (κ3) is 3.08. The quantitative estimate of drug-likeness (QED) is 0.900. The monoisotopic (exact) mass is 338 g/mol. The third-order valence-electron chi connectivity index (χ3n) is 4.25. The van der Waals surface area contributed by atoms with Gasteiger partial charge in [-0.1, -0.05) is 0 Å². The fourth-order valence-electron chi connectivity index (χ4n) is 2.96. The lowest BCUT2D eigenvalue weighted by atomic mass is 10.2. The first-order valence-electron chi connectivity index (χ1n) is 8.19. The van der Waals surface area contributed by atoms with Crippen LogP contribution in [0.3, 0.4) is 0 Å². The molecular weight excluding hydrogens is 320 g/mol. The summed E-state index contributed by atoms with van der Waals surface area (Å²) in [6.45, 7) is 2.67. The van der Waals surface area contributed by atoms with E-state index in [-0.39, 0.29) is 12.1 Å². The first-order chi connectivity index (χ1) is 12.2. The molecule has 2 aromatic carbocycles. The fourth-order valence-corrected chi connectivity index (χ4v) is 2.96. The zero-order valence-electron chi connectivity index (χ0n) is 13.6. The average molecular weight is 338 g/mol. The zero-order valence-corrected chi connectivity index (χ0v) is 13.6. The molecule has 2 saturated heterocycles. The standard InChI is InChI=1S/C18H18N4O3/c23-17-19-9-11-21(17)13-1-5-15(6-2-13)25-16-7-3-14(4-8-16)22-12-10-20-18(22)24/h1-8H,9-12H2,(H,19,23)(H,20,24). The van der Waals surface area contributed by atoms with Crippen LogP contribution in [0.1, 0.15) is 0 Å². The highest BCUT2D eigenvalue weighted by Gasteiger charge is 2.21. The smallest absolute Gasteiger partial charge is 0.321 e. The summed E-state index contributed by atoms with van der Waals surface area (Å²) in [5, 5.41) is 5.55. The molecule has 0 spiro atoms. The lowest BCUT2D eigenvalue weighted by Crippen LogP contribution is -2.27. The molecule has 0 saturated carbocycles. The van der Waals surface area contributed by atoms with Crippen LogP contribution in [0.15, 0.2) is 48.5 Å². The van der Waals surface area contributed by atoms with Gasteiger partial charge in [0.15, 0.2) is 0 Å². The molecule has 128 valence electrons. The van der Waals surface area contributed by atoms with E-state index in [2.05, 4.69) is 10.6 Å². The van der Waals surface area contributed by atoms with Crippen molar-refractivity contribution in [2.75, 3.05) is 36.0 Å². The maximum absolute atomic E-state index is 11.7. The number of anilines is 2. The molecule has 7 heteroatoms. The summed E-state index contributed by atoms with van der Waals surface area (Å²) in [7, 11) is 0. The lowest BCUT2D eigenvalue weighted by molar-refractivity contribution is 0.251. The summed E-state index contributed by atoms with van der Waals surface area (Å²) in [5.74, 6) is 1.38. The van der Waals surface area contributed by atoms with Crippen LogP contribution in [0.4, 0.5) is 21.0 Å². The van der Waals surface area contributed by atoms with Crippen LogP contribution in [0.2, 0.25) is 0 Å². The van der Waals surface area contributed by atoms with E-state index in [1.807, 2.05) is 48.5 Å². The van der Waals surface area contributed by atoms with Gasteiger partial charge < -0.3 is 15.4 Å². The number of ether oxygens (including phenoxy) is 1. The van der Waals surface area contributed by atoms with Crippen LogP contribution in [-0.4, -0.2) is 38.2 Å². The topological polar surface area (TPSA) is 73.9 Å². The number of carbonyl (C=O) groups excluding carboxylic acids is 2. The number of nitrogens with zero attached hydrogens (tertiary/aromatic N) is 2. The van der Waals surface area contributed by atoms with Crippen molar-refractivity contribution in [1.82, 2.24) is 10.6 Å². The first-order valence-corrected chi connectivity index (χ1v) is 8.19. The van der Waals surface area contributed by atoms with E-state index in [0.29, 0.717) is 37.7 Å². The minimum Gasteiger partial charge on any atom is -0.457 e. The highest BCUT2D eigenvalue weighted by molar-refractivity contribution is 5.94. The van der Waals surface area contributed by atoms with E-state index >= 15 is 0 Å². The number of hydrogen-bond acceptors (Lipinski definition) is 3. The summed E-state index contributed by atoms with van der Waals surface area (Å²) in [5.41, 5.74) is 1.69. The number of rotatable bonds is 4. The Kier molecular flexibility index (Phi) is 3.89. The lowest BCUT2D eigenvalue weighted by Gasteiger charge is -2.16. The molecule has 0 aliphatic carbocycles. The summed E-state index contributed by atoms with van der Waals surface area (Å²) in [4.78, 5) is 26.7. The van der Waals surface area contributed by atoms with Crippen molar-refractivity contribution in [1.29, 1.82) is 0 Å². The highest BCUT2D eigenvalue weighted by Crippen LogP contribution is 2.27. The number of urea groups is 2. The Balaban J connectivity index is 1.43. The van der Waals surface area contributed by atoms with E-state index in [0.717, 1.165) is 11.4 Å². The molecule has 2 fully saturated rings. The summed E-state index contributed by atoms with van der Waals surface area (Å²) < 4.78 is 5.83. The van der Waals surface area contributed by atoms with E-state index in [1.54, 1.807) is 9.80 Å². The molecule has 0 radical (unpaired) electrons. The molecular formula is C18H18N4O3. The predicted octanol–water partition coefficient (Wildman–Crippen LogP) is 2.54.